The van der Waals surface area contributed by atoms with Gasteiger partial charge in [-0.1, -0.05) is 20.8 Å². The van der Waals surface area contributed by atoms with Gasteiger partial charge in [0, 0.05) is 12.5 Å². The quantitative estimate of drug-likeness (QED) is 0.751. The molecule has 1 saturated carbocycles. The van der Waals surface area contributed by atoms with Crippen LogP contribution in [0.2, 0.25) is 0 Å². The van der Waals surface area contributed by atoms with E-state index in [9.17, 15) is 4.79 Å². The summed E-state index contributed by atoms with van der Waals surface area (Å²) in [5, 5.41) is 3.11. The van der Waals surface area contributed by atoms with E-state index in [1.807, 2.05) is 20.8 Å². The molecule has 0 unspecified atom stereocenters. The Bertz CT molecular complexity index is 214. The van der Waals surface area contributed by atoms with Crippen molar-refractivity contribution in [3.63, 3.8) is 0 Å². The minimum Gasteiger partial charge on any atom is -0.382 e. The first-order valence-corrected chi connectivity index (χ1v) is 5.21. The highest BCUT2D eigenvalue weighted by Crippen LogP contribution is 2.33. The maximum atomic E-state index is 11.8. The van der Waals surface area contributed by atoms with E-state index in [1.54, 1.807) is 7.11 Å². The van der Waals surface area contributed by atoms with Crippen LogP contribution in [-0.4, -0.2) is 25.2 Å². The molecular weight excluding hydrogens is 178 g/mol. The molecule has 1 aliphatic carbocycles. The normalized spacial score (nSPS) is 20.0. The van der Waals surface area contributed by atoms with Crippen LogP contribution in [0.1, 0.15) is 40.0 Å². The van der Waals surface area contributed by atoms with Crippen LogP contribution in [-0.2, 0) is 9.53 Å². The van der Waals surface area contributed by atoms with E-state index in [4.69, 9.17) is 4.74 Å². The average Bonchev–Trinajstić information content (AvgIpc) is 1.98. The molecule has 1 rings (SSSR count). The number of methoxy groups -OCH3 is 1. The van der Waals surface area contributed by atoms with Crippen molar-refractivity contribution < 1.29 is 9.53 Å². The summed E-state index contributed by atoms with van der Waals surface area (Å²) in [6.07, 6.45) is 3.28. The van der Waals surface area contributed by atoms with Crippen LogP contribution in [0, 0.1) is 5.41 Å². The Labute approximate surface area is 86.2 Å². The topological polar surface area (TPSA) is 38.3 Å². The van der Waals surface area contributed by atoms with Crippen molar-refractivity contribution >= 4 is 5.91 Å². The molecule has 0 aromatic carbocycles. The highest BCUT2D eigenvalue weighted by atomic mass is 16.5. The maximum absolute atomic E-state index is 11.8. The molecule has 82 valence electrons. The molecule has 0 saturated heterocycles. The number of hydrogen-bond acceptors (Lipinski definition) is 2. The number of ether oxygens (including phenoxy) is 1. The molecular formula is C11H21NO2. The second-order valence-electron chi connectivity index (χ2n) is 5.27. The monoisotopic (exact) mass is 199 g/mol. The highest BCUT2D eigenvalue weighted by molar-refractivity contribution is 5.82. The zero-order valence-corrected chi connectivity index (χ0v) is 9.64. The van der Waals surface area contributed by atoms with Crippen LogP contribution < -0.4 is 5.32 Å². The fourth-order valence-electron chi connectivity index (χ4n) is 1.61. The van der Waals surface area contributed by atoms with E-state index >= 15 is 0 Å². The molecule has 0 radical (unpaired) electrons. The fraction of sp³-hybridized carbons (Fsp3) is 0.909. The van der Waals surface area contributed by atoms with Crippen LogP contribution in [0.5, 0.6) is 0 Å². The van der Waals surface area contributed by atoms with E-state index in [-0.39, 0.29) is 16.9 Å². The number of rotatable bonds is 3. The van der Waals surface area contributed by atoms with Crippen LogP contribution in [0.3, 0.4) is 0 Å². The average molecular weight is 199 g/mol. The van der Waals surface area contributed by atoms with Crippen molar-refractivity contribution in [1.82, 2.24) is 5.32 Å². The Kier molecular flexibility index (Phi) is 3.20. The van der Waals surface area contributed by atoms with Gasteiger partial charge < -0.3 is 10.1 Å². The number of hydrogen-bond donors (Lipinski definition) is 1. The van der Waals surface area contributed by atoms with Gasteiger partial charge in [0.05, 0.1) is 12.1 Å². The summed E-state index contributed by atoms with van der Waals surface area (Å²) in [6.45, 7) is 6.43. The second-order valence-corrected chi connectivity index (χ2v) is 5.27. The van der Waals surface area contributed by atoms with Gasteiger partial charge in [-0.25, -0.2) is 0 Å². The summed E-state index contributed by atoms with van der Waals surface area (Å²) < 4.78 is 5.15. The van der Waals surface area contributed by atoms with Gasteiger partial charge in [0.2, 0.25) is 5.91 Å². The lowest BCUT2D eigenvalue weighted by atomic mass is 9.76. The molecule has 0 aromatic rings. The molecule has 0 bridgehead atoms. The van der Waals surface area contributed by atoms with Crippen LogP contribution >= 0.6 is 0 Å². The molecule has 0 spiro atoms. The van der Waals surface area contributed by atoms with Crippen molar-refractivity contribution in [2.75, 3.05) is 13.7 Å². The van der Waals surface area contributed by atoms with Crippen LogP contribution in [0.4, 0.5) is 0 Å². The Hall–Kier alpha value is -0.570. The molecule has 14 heavy (non-hydrogen) atoms. The molecule has 0 heterocycles. The zero-order chi connectivity index (χ0) is 10.8. The van der Waals surface area contributed by atoms with Crippen molar-refractivity contribution in [1.29, 1.82) is 0 Å². The summed E-state index contributed by atoms with van der Waals surface area (Å²) in [4.78, 5) is 11.8. The minimum atomic E-state index is -0.309. The first kappa shape index (κ1) is 11.5. The van der Waals surface area contributed by atoms with E-state index in [0.29, 0.717) is 6.61 Å². The summed E-state index contributed by atoms with van der Waals surface area (Å²) in [5.74, 6) is 0.120. The van der Waals surface area contributed by atoms with Gasteiger partial charge >= 0.3 is 0 Å². The molecule has 1 N–H and O–H groups in total. The largest absolute Gasteiger partial charge is 0.382 e. The van der Waals surface area contributed by atoms with Gasteiger partial charge in [-0.2, -0.15) is 0 Å². The predicted octanol–water partition coefficient (Wildman–Crippen LogP) is 1.72. The first-order chi connectivity index (χ1) is 6.40. The van der Waals surface area contributed by atoms with Gasteiger partial charge in [0.15, 0.2) is 0 Å². The van der Waals surface area contributed by atoms with Crippen LogP contribution in [0.15, 0.2) is 0 Å². The lowest BCUT2D eigenvalue weighted by molar-refractivity contribution is -0.132. The van der Waals surface area contributed by atoms with Gasteiger partial charge in [0.1, 0.15) is 0 Å². The predicted molar refractivity (Wildman–Crippen MR) is 56.1 cm³/mol. The molecule has 1 aliphatic rings. The molecule has 1 fully saturated rings. The fourth-order valence-corrected chi connectivity index (χ4v) is 1.61. The van der Waals surface area contributed by atoms with Gasteiger partial charge in [-0.05, 0) is 19.3 Å². The Morgan fingerprint density at radius 1 is 1.43 bits per heavy atom. The third-order valence-electron chi connectivity index (χ3n) is 2.79. The molecule has 1 amide bonds. The Morgan fingerprint density at radius 2 is 2.00 bits per heavy atom. The summed E-state index contributed by atoms with van der Waals surface area (Å²) in [6, 6.07) is 0. The van der Waals surface area contributed by atoms with Crippen molar-refractivity contribution in [3.05, 3.63) is 0 Å². The van der Waals surface area contributed by atoms with Crippen molar-refractivity contribution in [2.45, 2.75) is 45.6 Å². The summed E-state index contributed by atoms with van der Waals surface area (Å²) in [5.41, 5.74) is -0.380. The van der Waals surface area contributed by atoms with Crippen molar-refractivity contribution in [3.8, 4) is 0 Å². The Balaban J connectivity index is 2.53. The van der Waals surface area contributed by atoms with Crippen molar-refractivity contribution in [2.24, 2.45) is 5.41 Å². The van der Waals surface area contributed by atoms with Gasteiger partial charge in [-0.15, -0.1) is 0 Å². The van der Waals surface area contributed by atoms with E-state index in [2.05, 4.69) is 5.32 Å². The lowest BCUT2D eigenvalue weighted by Gasteiger charge is -2.43. The molecule has 0 aromatic heterocycles. The molecule has 3 heteroatoms. The lowest BCUT2D eigenvalue weighted by Crippen LogP contribution is -2.58. The summed E-state index contributed by atoms with van der Waals surface area (Å²) in [7, 11) is 1.68. The number of nitrogens with one attached hydrogen (secondary N) is 1. The Morgan fingerprint density at radius 3 is 2.29 bits per heavy atom. The summed E-state index contributed by atoms with van der Waals surface area (Å²) >= 11 is 0. The smallest absolute Gasteiger partial charge is 0.225 e. The minimum absolute atomic E-state index is 0.0703. The third-order valence-corrected chi connectivity index (χ3v) is 2.79. The SMILES string of the molecule is COCC1(NC(=O)C(C)(C)C)CCC1. The first-order valence-electron chi connectivity index (χ1n) is 5.21. The van der Waals surface area contributed by atoms with Gasteiger partial charge in [-0.3, -0.25) is 4.79 Å². The van der Waals surface area contributed by atoms with E-state index in [0.717, 1.165) is 12.8 Å². The third kappa shape index (κ3) is 2.47. The van der Waals surface area contributed by atoms with E-state index < -0.39 is 0 Å². The molecule has 3 nitrogen and oxygen atoms in total. The molecule has 0 atom stereocenters. The zero-order valence-electron chi connectivity index (χ0n) is 9.64. The highest BCUT2D eigenvalue weighted by Gasteiger charge is 2.40. The number of carbonyl (C=O) groups excluding carboxylic acids is 1. The molecule has 0 aliphatic heterocycles. The van der Waals surface area contributed by atoms with Crippen LogP contribution in [0.25, 0.3) is 0 Å². The number of carbonyl (C=O) groups is 1. The number of amides is 1. The maximum Gasteiger partial charge on any atom is 0.225 e. The second kappa shape index (κ2) is 3.89. The van der Waals surface area contributed by atoms with E-state index in [1.165, 1.54) is 6.42 Å². The van der Waals surface area contributed by atoms with Gasteiger partial charge in [0.25, 0.3) is 0 Å². The standard InChI is InChI=1S/C11H21NO2/c1-10(2,3)9(13)12-11(8-14-4)6-5-7-11/h5-8H2,1-4H3,(H,12,13).